The van der Waals surface area contributed by atoms with Gasteiger partial charge in [0.15, 0.2) is 29.2 Å². The molecule has 2 amide bonds. The maximum atomic E-state index is 14.2. The minimum Gasteiger partial charge on any atom is -0.490 e. The number of ether oxygens (including phenoxy) is 3. The molecule has 318 valence electrons. The molecule has 4 heterocycles. The normalized spacial score (nSPS) is 20.3. The Balaban J connectivity index is 0.978. The number of carboxylic acid groups (broad SMARTS) is 1. The maximum absolute atomic E-state index is 14.2. The third kappa shape index (κ3) is 9.13. The summed E-state index contributed by atoms with van der Waals surface area (Å²) < 4.78 is 24.8. The lowest BCUT2D eigenvalue weighted by Gasteiger charge is -2.37. The van der Waals surface area contributed by atoms with Crippen LogP contribution in [0.5, 0.6) is 17.2 Å². The van der Waals surface area contributed by atoms with Gasteiger partial charge >= 0.3 is 5.97 Å². The van der Waals surface area contributed by atoms with Gasteiger partial charge in [0.2, 0.25) is 5.91 Å². The Kier molecular flexibility index (Phi) is 11.6. The lowest BCUT2D eigenvalue weighted by molar-refractivity contribution is -0.142. The smallest absolute Gasteiger partial charge is 0.326 e. The van der Waals surface area contributed by atoms with Gasteiger partial charge in [0.05, 0.1) is 6.10 Å². The third-order valence-corrected chi connectivity index (χ3v) is 12.5. The maximum Gasteiger partial charge on any atom is 0.326 e. The van der Waals surface area contributed by atoms with Crippen LogP contribution in [0.25, 0.3) is 11.1 Å². The molecule has 2 N–H and O–H groups in total. The molecule has 5 aromatic rings. The Morgan fingerprint density at radius 2 is 1.66 bits per heavy atom. The average Bonchev–Trinajstić information content (AvgIpc) is 3.59. The van der Waals surface area contributed by atoms with Crippen molar-refractivity contribution in [1.29, 1.82) is 0 Å². The van der Waals surface area contributed by atoms with Crippen LogP contribution in [0.4, 0.5) is 0 Å². The summed E-state index contributed by atoms with van der Waals surface area (Å²) in [6.07, 6.45) is 8.01. The van der Waals surface area contributed by atoms with E-state index in [0.717, 1.165) is 63.5 Å². The number of nitrogens with zero attached hydrogens (tertiary/aromatic N) is 3. The van der Waals surface area contributed by atoms with Gasteiger partial charge in [-0.25, -0.2) is 9.78 Å². The number of fused-ring (bicyclic) bond motifs is 2. The number of aromatic nitrogens is 2. The molecule has 3 unspecified atom stereocenters. The number of rotatable bonds is 10. The summed E-state index contributed by atoms with van der Waals surface area (Å²) in [6, 6.07) is 19.0. The molecule has 0 spiro atoms. The molecule has 3 aromatic carbocycles. The van der Waals surface area contributed by atoms with E-state index in [1.807, 2.05) is 73.7 Å². The molecule has 3 aliphatic rings. The van der Waals surface area contributed by atoms with Crippen LogP contribution in [-0.2, 0) is 29.0 Å². The topological polar surface area (TPSA) is 153 Å². The molecular weight excluding hydrogens is 773 g/mol. The highest BCUT2D eigenvalue weighted by Crippen LogP contribution is 2.42. The van der Waals surface area contributed by atoms with Crippen molar-refractivity contribution in [1.82, 2.24) is 20.2 Å². The Labute approximate surface area is 356 Å². The van der Waals surface area contributed by atoms with Crippen molar-refractivity contribution >= 4 is 17.8 Å². The van der Waals surface area contributed by atoms with E-state index in [1.165, 1.54) is 17.7 Å². The molecule has 1 fully saturated rings. The highest BCUT2D eigenvalue weighted by atomic mass is 16.6. The number of oxazole rings is 1. The van der Waals surface area contributed by atoms with E-state index >= 15 is 0 Å². The average molecular weight is 827 g/mol. The minimum atomic E-state index is -1.25. The lowest BCUT2D eigenvalue weighted by atomic mass is 9.72. The highest BCUT2D eigenvalue weighted by Gasteiger charge is 2.40. The van der Waals surface area contributed by atoms with E-state index in [-0.39, 0.29) is 43.9 Å². The van der Waals surface area contributed by atoms with Gasteiger partial charge in [-0.1, -0.05) is 57.2 Å². The zero-order valence-corrected chi connectivity index (χ0v) is 35.7. The summed E-state index contributed by atoms with van der Waals surface area (Å²) >= 11 is 0. The van der Waals surface area contributed by atoms with Crippen molar-refractivity contribution in [2.45, 2.75) is 111 Å². The van der Waals surface area contributed by atoms with Crippen LogP contribution >= 0.6 is 0 Å². The monoisotopic (exact) mass is 826 g/mol. The minimum absolute atomic E-state index is 0.0453. The van der Waals surface area contributed by atoms with E-state index in [4.69, 9.17) is 18.6 Å². The van der Waals surface area contributed by atoms with Crippen LogP contribution < -0.4 is 19.5 Å². The summed E-state index contributed by atoms with van der Waals surface area (Å²) in [5.74, 6) is 1.02. The molecule has 1 saturated carbocycles. The van der Waals surface area contributed by atoms with Crippen LogP contribution in [0.3, 0.4) is 0 Å². The molecule has 12 heteroatoms. The van der Waals surface area contributed by atoms with Crippen LogP contribution in [0.15, 0.2) is 83.5 Å². The van der Waals surface area contributed by atoms with Gasteiger partial charge in [-0.05, 0) is 120 Å². The Hall–Kier alpha value is -6.17. The van der Waals surface area contributed by atoms with Crippen molar-refractivity contribution in [3.05, 3.63) is 124 Å². The number of hydrogen-bond acceptors (Lipinski definition) is 9. The van der Waals surface area contributed by atoms with Gasteiger partial charge in [0.1, 0.15) is 30.2 Å². The largest absolute Gasteiger partial charge is 0.490 e. The van der Waals surface area contributed by atoms with Gasteiger partial charge in [-0.3, -0.25) is 14.6 Å². The first-order valence-corrected chi connectivity index (χ1v) is 21.2. The number of carbonyl (C=O) groups excluding carboxylic acids is 2. The summed E-state index contributed by atoms with van der Waals surface area (Å²) in [4.78, 5) is 51.0. The third-order valence-electron chi connectivity index (χ3n) is 12.5. The van der Waals surface area contributed by atoms with Gasteiger partial charge in [0.25, 0.3) is 5.91 Å². The number of aliphatic carboxylic acids is 1. The first-order chi connectivity index (χ1) is 29.2. The lowest BCUT2D eigenvalue weighted by Crippen LogP contribution is -2.56. The first kappa shape index (κ1) is 41.6. The summed E-state index contributed by atoms with van der Waals surface area (Å²) in [6.45, 7) is 12.6. The first-order valence-electron chi connectivity index (χ1n) is 21.2. The van der Waals surface area contributed by atoms with E-state index in [2.05, 4.69) is 36.1 Å². The predicted octanol–water partition coefficient (Wildman–Crippen LogP) is 8.54. The molecule has 0 saturated heterocycles. The molecule has 0 radical (unpaired) electrons. The molecule has 2 aromatic heterocycles. The van der Waals surface area contributed by atoms with Crippen molar-refractivity contribution in [3.63, 3.8) is 0 Å². The number of pyridine rings is 1. The van der Waals surface area contributed by atoms with Gasteiger partial charge in [-0.15, -0.1) is 0 Å². The molecule has 1 aliphatic carbocycles. The van der Waals surface area contributed by atoms with Crippen molar-refractivity contribution < 1.29 is 38.1 Å². The van der Waals surface area contributed by atoms with Crippen molar-refractivity contribution in [2.24, 2.45) is 11.3 Å². The molecule has 3 atom stereocenters. The second-order valence-corrected chi connectivity index (χ2v) is 17.8. The summed E-state index contributed by atoms with van der Waals surface area (Å²) in [7, 11) is 0. The molecule has 61 heavy (non-hydrogen) atoms. The number of nitrogens with one attached hydrogen (secondary N) is 1. The second-order valence-electron chi connectivity index (χ2n) is 17.8. The summed E-state index contributed by atoms with van der Waals surface area (Å²) in [5.41, 5.74) is 6.71. The zero-order chi connectivity index (χ0) is 43.0. The number of hydrogen-bond donors (Lipinski definition) is 2. The zero-order valence-electron chi connectivity index (χ0n) is 35.7. The second kappa shape index (κ2) is 17.1. The fraction of sp³-hybridized carbons (Fsp3) is 0.408. The Morgan fingerprint density at radius 3 is 2.31 bits per heavy atom. The number of carbonyl (C=O) groups is 3. The SMILES string of the molecule is Cc1nc(C(=O)N2Cc3cc4c(cc3CC2C(=O)NC(Cc2ccc(-c3ccncc3C)cc2)C(=O)O)OCC(c2ccc(OC3CCC(C(C)(C)C)CC3)cc2)O4)c(C)o1. The number of benzene rings is 3. The van der Waals surface area contributed by atoms with E-state index in [1.54, 1.807) is 26.2 Å². The molecule has 12 nitrogen and oxygen atoms in total. The summed E-state index contributed by atoms with van der Waals surface area (Å²) in [5, 5.41) is 13.0. The Morgan fingerprint density at radius 1 is 0.934 bits per heavy atom. The van der Waals surface area contributed by atoms with Crippen LogP contribution in [0, 0.1) is 32.1 Å². The van der Waals surface area contributed by atoms with Gasteiger partial charge in [-0.2, -0.15) is 0 Å². The Bertz CT molecular complexity index is 2410. The van der Waals surface area contributed by atoms with Gasteiger partial charge in [0, 0.05) is 38.7 Å². The molecular formula is C49H54N4O8. The van der Waals surface area contributed by atoms with E-state index in [9.17, 15) is 19.5 Å². The highest BCUT2D eigenvalue weighted by molar-refractivity contribution is 5.98. The van der Waals surface area contributed by atoms with Crippen molar-refractivity contribution in [2.75, 3.05) is 6.61 Å². The molecule has 8 rings (SSSR count). The van der Waals surface area contributed by atoms with E-state index in [0.29, 0.717) is 28.6 Å². The number of carboxylic acids is 1. The fourth-order valence-corrected chi connectivity index (χ4v) is 8.95. The molecule has 2 aliphatic heterocycles. The standard InChI is InChI=1S/C49H54N4O8/c1-28-25-50-20-19-39(28)32-9-7-31(8-10-32)21-40(48(56)57)52-46(54)41-22-34-23-42-43(24-35(34)26-53(41)47(55)45-29(2)59-30(3)51-45)61-44(27-58-42)33-11-15-37(16-12-33)60-38-17-13-36(14-18-38)49(4,5)6/h7-12,15-16,19-20,23-25,36,38,40-41,44H,13-14,17-18,21-22,26-27H2,1-6H3,(H,52,54)(H,56,57). The number of amides is 2. The molecule has 0 bridgehead atoms. The van der Waals surface area contributed by atoms with E-state index < -0.39 is 29.9 Å². The number of aryl methyl sites for hydroxylation is 3. The fourth-order valence-electron chi connectivity index (χ4n) is 8.95. The predicted molar refractivity (Wildman–Crippen MR) is 229 cm³/mol. The van der Waals surface area contributed by atoms with Crippen LogP contribution in [0.1, 0.15) is 103 Å². The van der Waals surface area contributed by atoms with Gasteiger partial charge < -0.3 is 34.0 Å². The quantitative estimate of drug-likeness (QED) is 0.140. The van der Waals surface area contributed by atoms with Crippen LogP contribution in [-0.4, -0.2) is 62.6 Å². The van der Waals surface area contributed by atoms with Crippen LogP contribution in [0.2, 0.25) is 0 Å². The van der Waals surface area contributed by atoms with Crippen molar-refractivity contribution in [3.8, 4) is 28.4 Å².